The summed E-state index contributed by atoms with van der Waals surface area (Å²) in [7, 11) is -3.66. The van der Waals surface area contributed by atoms with Gasteiger partial charge in [-0.15, -0.1) is 0 Å². The fraction of sp³-hybridized carbons (Fsp3) is 0.611. The predicted octanol–water partition coefficient (Wildman–Crippen LogP) is 1.78. The van der Waals surface area contributed by atoms with Crippen molar-refractivity contribution < 1.29 is 13.2 Å². The largest absolute Gasteiger partial charge is 0.329 e. The number of nitrogens with two attached hydrogens (primary N) is 1. The Morgan fingerprint density at radius 2 is 2.16 bits per heavy atom. The minimum Gasteiger partial charge on any atom is -0.329 e. The number of nitrogens with one attached hydrogen (secondary N) is 1. The zero-order valence-electron chi connectivity index (χ0n) is 14.9. The van der Waals surface area contributed by atoms with Crippen molar-refractivity contribution in [3.8, 4) is 0 Å². The number of benzene rings is 1. The van der Waals surface area contributed by atoms with Crippen molar-refractivity contribution in [1.82, 2.24) is 4.72 Å². The van der Waals surface area contributed by atoms with Crippen LogP contribution in [0.15, 0.2) is 23.1 Å². The summed E-state index contributed by atoms with van der Waals surface area (Å²) in [5, 5.41) is 0. The summed E-state index contributed by atoms with van der Waals surface area (Å²) in [6.45, 7) is 4.50. The Labute approximate surface area is 149 Å². The van der Waals surface area contributed by atoms with Crippen LogP contribution in [0.25, 0.3) is 0 Å². The molecular formula is C18H27N3O3S. The van der Waals surface area contributed by atoms with Gasteiger partial charge in [-0.1, -0.05) is 19.8 Å². The predicted molar refractivity (Wildman–Crippen MR) is 97.9 cm³/mol. The van der Waals surface area contributed by atoms with Gasteiger partial charge in [-0.05, 0) is 48.9 Å². The molecule has 1 saturated carbocycles. The topological polar surface area (TPSA) is 92.5 Å². The van der Waals surface area contributed by atoms with E-state index in [1.54, 1.807) is 23.1 Å². The van der Waals surface area contributed by atoms with Crippen molar-refractivity contribution in [3.05, 3.63) is 23.8 Å². The van der Waals surface area contributed by atoms with Crippen molar-refractivity contribution in [3.63, 3.8) is 0 Å². The Balaban J connectivity index is 1.89. The quantitative estimate of drug-likeness (QED) is 0.851. The molecule has 2 atom stereocenters. The first-order chi connectivity index (χ1) is 11.8. The second-order valence-electron chi connectivity index (χ2n) is 7.32. The van der Waals surface area contributed by atoms with Gasteiger partial charge in [0.1, 0.15) is 0 Å². The summed E-state index contributed by atoms with van der Waals surface area (Å²) >= 11 is 0. The van der Waals surface area contributed by atoms with Gasteiger partial charge >= 0.3 is 0 Å². The number of carbonyl (C=O) groups excluding carboxylic acids is 1. The maximum absolute atomic E-state index is 13.0. The van der Waals surface area contributed by atoms with Gasteiger partial charge in [-0.3, -0.25) is 4.79 Å². The summed E-state index contributed by atoms with van der Waals surface area (Å²) < 4.78 is 28.9. The highest BCUT2D eigenvalue weighted by atomic mass is 32.2. The fourth-order valence-electron chi connectivity index (χ4n) is 4.11. The van der Waals surface area contributed by atoms with Gasteiger partial charge < -0.3 is 10.6 Å². The molecular weight excluding hydrogens is 338 g/mol. The molecule has 0 spiro atoms. The van der Waals surface area contributed by atoms with Crippen molar-refractivity contribution in [2.45, 2.75) is 56.4 Å². The van der Waals surface area contributed by atoms with Crippen molar-refractivity contribution in [2.24, 2.45) is 11.7 Å². The highest BCUT2D eigenvalue weighted by molar-refractivity contribution is 7.89. The molecule has 25 heavy (non-hydrogen) atoms. The van der Waals surface area contributed by atoms with E-state index in [4.69, 9.17) is 5.73 Å². The number of amides is 1. The molecule has 7 heteroatoms. The van der Waals surface area contributed by atoms with E-state index in [1.165, 1.54) is 6.92 Å². The summed E-state index contributed by atoms with van der Waals surface area (Å²) in [5.41, 5.74) is 7.13. The molecule has 1 aromatic carbocycles. The summed E-state index contributed by atoms with van der Waals surface area (Å²) in [5.74, 6) is 0.189. The second-order valence-corrected chi connectivity index (χ2v) is 9.01. The molecule has 1 aliphatic carbocycles. The van der Waals surface area contributed by atoms with E-state index in [-0.39, 0.29) is 16.7 Å². The Morgan fingerprint density at radius 1 is 1.40 bits per heavy atom. The van der Waals surface area contributed by atoms with Crippen molar-refractivity contribution in [1.29, 1.82) is 0 Å². The van der Waals surface area contributed by atoms with Gasteiger partial charge in [0.15, 0.2) is 0 Å². The van der Waals surface area contributed by atoms with E-state index in [0.717, 1.165) is 36.9 Å². The average molecular weight is 365 g/mol. The standard InChI is InChI=1S/C18H27N3O3S/c1-13-5-3-4-9-18(13,12-19)20-25(23,24)16-6-7-17-15(11-16)8-10-21(17)14(2)22/h6-7,11,13,20H,3-5,8-10,12,19H2,1-2H3. The number of fused-ring (bicyclic) bond motifs is 1. The molecule has 0 aromatic heterocycles. The summed E-state index contributed by atoms with van der Waals surface area (Å²) in [4.78, 5) is 13.6. The average Bonchev–Trinajstić information content (AvgIpc) is 3.00. The van der Waals surface area contributed by atoms with Crippen LogP contribution in [-0.4, -0.2) is 33.0 Å². The molecule has 1 aliphatic heterocycles. The Hall–Kier alpha value is -1.44. The van der Waals surface area contributed by atoms with Gasteiger partial charge in [-0.2, -0.15) is 0 Å². The molecule has 6 nitrogen and oxygen atoms in total. The molecule has 1 aromatic rings. The zero-order chi connectivity index (χ0) is 18.2. The van der Waals surface area contributed by atoms with Crippen LogP contribution in [0.1, 0.15) is 45.1 Å². The molecule has 0 saturated heterocycles. The Morgan fingerprint density at radius 3 is 2.80 bits per heavy atom. The van der Waals surface area contributed by atoms with E-state index in [2.05, 4.69) is 11.6 Å². The lowest BCUT2D eigenvalue weighted by Gasteiger charge is -2.42. The summed E-state index contributed by atoms with van der Waals surface area (Å²) in [6.07, 6.45) is 4.54. The first kappa shape index (κ1) is 18.4. The van der Waals surface area contributed by atoms with Crippen LogP contribution in [0, 0.1) is 5.92 Å². The maximum Gasteiger partial charge on any atom is 0.241 e. The van der Waals surface area contributed by atoms with Crippen LogP contribution in [0.3, 0.4) is 0 Å². The normalized spacial score (nSPS) is 26.5. The number of hydrogen-bond acceptors (Lipinski definition) is 4. The van der Waals surface area contributed by atoms with Crippen LogP contribution in [0.4, 0.5) is 5.69 Å². The fourth-order valence-corrected chi connectivity index (χ4v) is 5.69. The van der Waals surface area contributed by atoms with E-state index in [0.29, 0.717) is 19.5 Å². The van der Waals surface area contributed by atoms with Crippen LogP contribution in [-0.2, 0) is 21.2 Å². The van der Waals surface area contributed by atoms with Gasteiger partial charge in [0.2, 0.25) is 15.9 Å². The number of carbonyl (C=O) groups is 1. The molecule has 3 rings (SSSR count). The van der Waals surface area contributed by atoms with E-state index < -0.39 is 15.6 Å². The third-order valence-electron chi connectivity index (χ3n) is 5.79. The lowest BCUT2D eigenvalue weighted by molar-refractivity contribution is -0.116. The first-order valence-electron chi connectivity index (χ1n) is 8.94. The third-order valence-corrected chi connectivity index (χ3v) is 7.34. The van der Waals surface area contributed by atoms with Crippen LogP contribution in [0.5, 0.6) is 0 Å². The van der Waals surface area contributed by atoms with E-state index in [9.17, 15) is 13.2 Å². The number of anilines is 1. The summed E-state index contributed by atoms with van der Waals surface area (Å²) in [6, 6.07) is 5.01. The third kappa shape index (κ3) is 3.32. The van der Waals surface area contributed by atoms with Crippen LogP contribution in [0.2, 0.25) is 0 Å². The molecule has 0 radical (unpaired) electrons. The molecule has 1 fully saturated rings. The monoisotopic (exact) mass is 365 g/mol. The molecule has 0 bridgehead atoms. The number of rotatable bonds is 4. The Bertz CT molecular complexity index is 778. The number of sulfonamides is 1. The highest BCUT2D eigenvalue weighted by Gasteiger charge is 2.40. The van der Waals surface area contributed by atoms with E-state index >= 15 is 0 Å². The van der Waals surface area contributed by atoms with Gasteiger partial charge in [0.05, 0.1) is 4.90 Å². The van der Waals surface area contributed by atoms with Crippen molar-refractivity contribution in [2.75, 3.05) is 18.0 Å². The molecule has 1 amide bonds. The molecule has 2 aliphatic rings. The second kappa shape index (κ2) is 6.70. The van der Waals surface area contributed by atoms with Gasteiger partial charge in [-0.25, -0.2) is 13.1 Å². The lowest BCUT2D eigenvalue weighted by atomic mass is 9.74. The minimum absolute atomic E-state index is 0.0226. The molecule has 2 unspecified atom stereocenters. The highest BCUT2D eigenvalue weighted by Crippen LogP contribution is 2.35. The van der Waals surface area contributed by atoms with Crippen LogP contribution >= 0.6 is 0 Å². The molecule has 138 valence electrons. The SMILES string of the molecule is CC(=O)N1CCc2cc(S(=O)(=O)NC3(CN)CCCCC3C)ccc21. The van der Waals surface area contributed by atoms with Crippen LogP contribution < -0.4 is 15.4 Å². The molecule has 1 heterocycles. The number of nitrogens with zero attached hydrogens (tertiary/aromatic N) is 1. The number of hydrogen-bond donors (Lipinski definition) is 2. The van der Waals surface area contributed by atoms with E-state index in [1.807, 2.05) is 0 Å². The lowest BCUT2D eigenvalue weighted by Crippen LogP contribution is -2.58. The maximum atomic E-state index is 13.0. The minimum atomic E-state index is -3.66. The van der Waals surface area contributed by atoms with Gasteiger partial charge in [0, 0.05) is 31.2 Å². The zero-order valence-corrected chi connectivity index (χ0v) is 15.7. The first-order valence-corrected chi connectivity index (χ1v) is 10.4. The molecule has 3 N–H and O–H groups in total. The Kier molecular flexibility index (Phi) is 4.92. The smallest absolute Gasteiger partial charge is 0.241 e. The van der Waals surface area contributed by atoms with Gasteiger partial charge in [0.25, 0.3) is 0 Å². The van der Waals surface area contributed by atoms with Crippen molar-refractivity contribution >= 4 is 21.6 Å².